The van der Waals surface area contributed by atoms with Crippen LogP contribution in [-0.2, 0) is 0 Å². The number of nitrogens with zero attached hydrogens (tertiary/aromatic N) is 1. The van der Waals surface area contributed by atoms with E-state index in [1.807, 2.05) is 65.7 Å². The van der Waals surface area contributed by atoms with Gasteiger partial charge in [-0.3, -0.25) is 4.79 Å². The zero-order valence-corrected chi connectivity index (χ0v) is 13.7. The maximum Gasteiger partial charge on any atom is 0.267 e. The lowest BCUT2D eigenvalue weighted by molar-refractivity contribution is 0.103. The summed E-state index contributed by atoms with van der Waals surface area (Å²) < 4.78 is 2.95. The van der Waals surface area contributed by atoms with Gasteiger partial charge in [-0.1, -0.05) is 15.9 Å². The SMILES string of the molecule is Cc1cc(Br)ccc1NC(=O)c1sccc1-n1cccc1. The van der Waals surface area contributed by atoms with Gasteiger partial charge in [-0.15, -0.1) is 11.3 Å². The molecule has 0 spiro atoms. The number of amides is 1. The van der Waals surface area contributed by atoms with Crippen molar-refractivity contribution in [2.24, 2.45) is 0 Å². The Morgan fingerprint density at radius 3 is 2.71 bits per heavy atom. The fourth-order valence-electron chi connectivity index (χ4n) is 2.12. The molecule has 21 heavy (non-hydrogen) atoms. The number of carbonyl (C=O) groups excluding carboxylic acids is 1. The van der Waals surface area contributed by atoms with Crippen LogP contribution in [-0.4, -0.2) is 10.5 Å². The summed E-state index contributed by atoms with van der Waals surface area (Å²) in [6, 6.07) is 11.6. The second kappa shape index (κ2) is 5.87. The van der Waals surface area contributed by atoms with Gasteiger partial charge >= 0.3 is 0 Å². The lowest BCUT2D eigenvalue weighted by atomic mass is 10.2. The third-order valence-electron chi connectivity index (χ3n) is 3.17. The van der Waals surface area contributed by atoms with Crippen molar-refractivity contribution in [2.45, 2.75) is 6.92 Å². The second-order valence-electron chi connectivity index (χ2n) is 4.64. The Labute approximate surface area is 135 Å². The first-order valence-electron chi connectivity index (χ1n) is 6.43. The molecule has 0 aliphatic heterocycles. The molecule has 0 saturated heterocycles. The number of anilines is 1. The van der Waals surface area contributed by atoms with E-state index in [9.17, 15) is 4.79 Å². The first-order valence-corrected chi connectivity index (χ1v) is 8.11. The van der Waals surface area contributed by atoms with E-state index in [1.165, 1.54) is 11.3 Å². The van der Waals surface area contributed by atoms with Crippen molar-refractivity contribution in [3.63, 3.8) is 0 Å². The van der Waals surface area contributed by atoms with Crippen molar-refractivity contribution in [1.29, 1.82) is 0 Å². The molecule has 0 saturated carbocycles. The first kappa shape index (κ1) is 14.1. The van der Waals surface area contributed by atoms with Crippen LogP contribution in [0.4, 0.5) is 5.69 Å². The molecule has 0 aliphatic rings. The largest absolute Gasteiger partial charge is 0.322 e. The second-order valence-corrected chi connectivity index (χ2v) is 6.47. The number of rotatable bonds is 3. The van der Waals surface area contributed by atoms with Crippen LogP contribution in [0.3, 0.4) is 0 Å². The summed E-state index contributed by atoms with van der Waals surface area (Å²) in [5.74, 6) is -0.0841. The molecule has 0 atom stereocenters. The van der Waals surface area contributed by atoms with E-state index < -0.39 is 0 Å². The van der Waals surface area contributed by atoms with Gasteiger partial charge in [0.25, 0.3) is 5.91 Å². The molecule has 1 aromatic carbocycles. The fraction of sp³-hybridized carbons (Fsp3) is 0.0625. The van der Waals surface area contributed by atoms with Crippen LogP contribution in [0.1, 0.15) is 15.2 Å². The van der Waals surface area contributed by atoms with E-state index in [-0.39, 0.29) is 5.91 Å². The van der Waals surface area contributed by atoms with Gasteiger partial charge in [-0.25, -0.2) is 0 Å². The Hall–Kier alpha value is -1.85. The van der Waals surface area contributed by atoms with Gasteiger partial charge in [0.2, 0.25) is 0 Å². The van der Waals surface area contributed by atoms with Crippen molar-refractivity contribution in [2.75, 3.05) is 5.32 Å². The van der Waals surface area contributed by atoms with Gasteiger partial charge < -0.3 is 9.88 Å². The van der Waals surface area contributed by atoms with Crippen LogP contribution in [0.2, 0.25) is 0 Å². The molecule has 0 bridgehead atoms. The van der Waals surface area contributed by atoms with Gasteiger partial charge in [0.15, 0.2) is 0 Å². The molecule has 0 fully saturated rings. The summed E-state index contributed by atoms with van der Waals surface area (Å²) in [6.07, 6.45) is 3.87. The molecule has 5 heteroatoms. The highest BCUT2D eigenvalue weighted by Crippen LogP contribution is 2.25. The topological polar surface area (TPSA) is 34.0 Å². The standard InChI is InChI=1S/C16H13BrN2OS/c1-11-10-12(17)4-5-13(11)18-16(20)15-14(6-9-21-15)19-7-2-3-8-19/h2-10H,1H3,(H,18,20). The van der Waals surface area contributed by atoms with E-state index in [0.29, 0.717) is 4.88 Å². The van der Waals surface area contributed by atoms with E-state index in [0.717, 1.165) is 21.4 Å². The summed E-state index contributed by atoms with van der Waals surface area (Å²) in [5.41, 5.74) is 2.75. The average molecular weight is 361 g/mol. The number of carbonyl (C=O) groups is 1. The minimum Gasteiger partial charge on any atom is -0.322 e. The smallest absolute Gasteiger partial charge is 0.267 e. The molecule has 1 amide bonds. The molecule has 2 heterocycles. The lowest BCUT2D eigenvalue weighted by Gasteiger charge is -2.09. The van der Waals surface area contributed by atoms with Gasteiger partial charge in [0, 0.05) is 22.6 Å². The third-order valence-corrected chi connectivity index (χ3v) is 4.57. The number of aryl methyl sites for hydroxylation is 1. The number of halogens is 1. The number of hydrogen-bond acceptors (Lipinski definition) is 2. The molecular formula is C16H13BrN2OS. The van der Waals surface area contributed by atoms with E-state index >= 15 is 0 Å². The highest BCUT2D eigenvalue weighted by atomic mass is 79.9. The Balaban J connectivity index is 1.88. The summed E-state index contributed by atoms with van der Waals surface area (Å²) in [5, 5.41) is 4.91. The molecule has 3 aromatic rings. The maximum absolute atomic E-state index is 12.5. The predicted octanol–water partition coefficient (Wildman–Crippen LogP) is 4.86. The maximum atomic E-state index is 12.5. The molecule has 2 aromatic heterocycles. The van der Waals surface area contributed by atoms with Crippen LogP contribution < -0.4 is 5.32 Å². The molecule has 0 unspecified atom stereocenters. The summed E-state index contributed by atoms with van der Waals surface area (Å²) in [4.78, 5) is 13.2. The van der Waals surface area contributed by atoms with Crippen LogP contribution in [0.15, 0.2) is 58.6 Å². The minimum absolute atomic E-state index is 0.0841. The molecule has 1 N–H and O–H groups in total. The lowest BCUT2D eigenvalue weighted by Crippen LogP contribution is -2.13. The van der Waals surface area contributed by atoms with Crippen LogP contribution in [0.25, 0.3) is 5.69 Å². The molecular weight excluding hydrogens is 348 g/mol. The highest BCUT2D eigenvalue weighted by molar-refractivity contribution is 9.10. The van der Waals surface area contributed by atoms with Crippen molar-refractivity contribution >= 4 is 38.9 Å². The van der Waals surface area contributed by atoms with Crippen LogP contribution in [0, 0.1) is 6.92 Å². The predicted molar refractivity (Wildman–Crippen MR) is 90.5 cm³/mol. The van der Waals surface area contributed by atoms with Crippen LogP contribution in [0.5, 0.6) is 0 Å². The van der Waals surface area contributed by atoms with Crippen molar-refractivity contribution in [3.8, 4) is 5.69 Å². The zero-order chi connectivity index (χ0) is 14.8. The first-order chi connectivity index (χ1) is 10.1. The van der Waals surface area contributed by atoms with E-state index in [1.54, 1.807) is 0 Å². The van der Waals surface area contributed by atoms with E-state index in [4.69, 9.17) is 0 Å². The van der Waals surface area contributed by atoms with Gasteiger partial charge in [0.05, 0.1) is 5.69 Å². The van der Waals surface area contributed by atoms with Crippen molar-refractivity contribution < 1.29 is 4.79 Å². The zero-order valence-electron chi connectivity index (χ0n) is 11.3. The molecule has 106 valence electrons. The van der Waals surface area contributed by atoms with E-state index in [2.05, 4.69) is 21.2 Å². The Kier molecular flexibility index (Phi) is 3.94. The quantitative estimate of drug-likeness (QED) is 0.710. The minimum atomic E-state index is -0.0841. The molecule has 0 aliphatic carbocycles. The summed E-state index contributed by atoms with van der Waals surface area (Å²) in [7, 11) is 0. The monoisotopic (exact) mass is 360 g/mol. The summed E-state index contributed by atoms with van der Waals surface area (Å²) >= 11 is 4.87. The number of benzene rings is 1. The Bertz CT molecular complexity index is 777. The summed E-state index contributed by atoms with van der Waals surface area (Å²) in [6.45, 7) is 1.97. The van der Waals surface area contributed by atoms with Gasteiger partial charge in [-0.2, -0.15) is 0 Å². The molecule has 3 rings (SSSR count). The van der Waals surface area contributed by atoms with Gasteiger partial charge in [-0.05, 0) is 54.3 Å². The fourth-order valence-corrected chi connectivity index (χ4v) is 3.38. The Morgan fingerprint density at radius 1 is 1.24 bits per heavy atom. The average Bonchev–Trinajstić information content (AvgIpc) is 3.10. The van der Waals surface area contributed by atoms with Crippen molar-refractivity contribution in [1.82, 2.24) is 4.57 Å². The number of hydrogen-bond donors (Lipinski definition) is 1. The number of thiophene rings is 1. The highest BCUT2D eigenvalue weighted by Gasteiger charge is 2.15. The number of nitrogens with one attached hydrogen (secondary N) is 1. The van der Waals surface area contributed by atoms with Gasteiger partial charge in [0.1, 0.15) is 4.88 Å². The Morgan fingerprint density at radius 2 is 2.00 bits per heavy atom. The van der Waals surface area contributed by atoms with Crippen LogP contribution >= 0.6 is 27.3 Å². The molecule has 0 radical (unpaired) electrons. The number of aromatic nitrogens is 1. The van der Waals surface area contributed by atoms with Crippen molar-refractivity contribution in [3.05, 3.63) is 69.1 Å². The normalized spacial score (nSPS) is 10.6. The molecule has 3 nitrogen and oxygen atoms in total. The third kappa shape index (κ3) is 2.94.